The molecule has 0 atom stereocenters. The number of aromatic nitrogens is 1. The summed E-state index contributed by atoms with van der Waals surface area (Å²) in [7, 11) is 0. The van der Waals surface area contributed by atoms with E-state index in [1.807, 2.05) is 0 Å². The SMILES string of the molecule is c1ccc(-c2cccc(N(c3cccc(-c4ccccc4)c3)c3cccc(-n4c5ccccc5c5ccccc54)c3)c2)cc1. The Hall–Kier alpha value is -5.86. The van der Waals surface area contributed by atoms with E-state index in [0.717, 1.165) is 22.7 Å². The topological polar surface area (TPSA) is 8.17 Å². The van der Waals surface area contributed by atoms with E-state index < -0.39 is 0 Å². The highest BCUT2D eigenvalue weighted by atomic mass is 15.1. The first-order valence-electron chi connectivity index (χ1n) is 15.0. The summed E-state index contributed by atoms with van der Waals surface area (Å²) in [5, 5.41) is 2.52. The molecule has 8 rings (SSSR count). The van der Waals surface area contributed by atoms with Gasteiger partial charge in [0.05, 0.1) is 11.0 Å². The number of hydrogen-bond donors (Lipinski definition) is 0. The van der Waals surface area contributed by atoms with E-state index in [-0.39, 0.29) is 0 Å². The van der Waals surface area contributed by atoms with Crippen LogP contribution in [0.25, 0.3) is 49.7 Å². The minimum atomic E-state index is 1.10. The minimum Gasteiger partial charge on any atom is -0.310 e. The molecule has 0 aliphatic heterocycles. The number of nitrogens with zero attached hydrogens (tertiary/aromatic N) is 2. The molecular weight excluding hydrogens is 532 g/mol. The molecule has 0 radical (unpaired) electrons. The van der Waals surface area contributed by atoms with Crippen LogP contribution in [0.3, 0.4) is 0 Å². The van der Waals surface area contributed by atoms with Gasteiger partial charge in [0.2, 0.25) is 0 Å². The van der Waals surface area contributed by atoms with Crippen molar-refractivity contribution in [1.82, 2.24) is 4.57 Å². The molecule has 0 fully saturated rings. The second-order valence-electron chi connectivity index (χ2n) is 11.1. The third-order valence-corrected chi connectivity index (χ3v) is 8.35. The Bertz CT molecular complexity index is 2090. The van der Waals surface area contributed by atoms with Gasteiger partial charge in [0.1, 0.15) is 0 Å². The summed E-state index contributed by atoms with van der Waals surface area (Å²) in [4.78, 5) is 2.37. The third-order valence-electron chi connectivity index (χ3n) is 8.35. The molecule has 8 aromatic rings. The van der Waals surface area contributed by atoms with Crippen molar-refractivity contribution in [1.29, 1.82) is 0 Å². The average Bonchev–Trinajstić information content (AvgIpc) is 3.44. The number of fused-ring (bicyclic) bond motifs is 3. The zero-order valence-electron chi connectivity index (χ0n) is 24.2. The zero-order valence-corrected chi connectivity index (χ0v) is 24.2. The lowest BCUT2D eigenvalue weighted by atomic mass is 10.0. The van der Waals surface area contributed by atoms with Crippen molar-refractivity contribution in [3.63, 3.8) is 0 Å². The number of hydrogen-bond acceptors (Lipinski definition) is 1. The van der Waals surface area contributed by atoms with Gasteiger partial charge in [-0.3, -0.25) is 0 Å². The molecule has 1 aromatic heterocycles. The van der Waals surface area contributed by atoms with Crippen LogP contribution in [0.4, 0.5) is 17.1 Å². The van der Waals surface area contributed by atoms with Crippen LogP contribution in [0.1, 0.15) is 0 Å². The van der Waals surface area contributed by atoms with E-state index in [4.69, 9.17) is 0 Å². The molecule has 0 saturated carbocycles. The molecule has 0 saturated heterocycles. The van der Waals surface area contributed by atoms with Gasteiger partial charge in [-0.1, -0.05) is 127 Å². The van der Waals surface area contributed by atoms with Crippen LogP contribution >= 0.6 is 0 Å². The van der Waals surface area contributed by atoms with E-state index in [1.54, 1.807) is 0 Å². The van der Waals surface area contributed by atoms with Gasteiger partial charge >= 0.3 is 0 Å². The van der Waals surface area contributed by atoms with Crippen LogP contribution in [0.2, 0.25) is 0 Å². The van der Waals surface area contributed by atoms with Crippen LogP contribution in [0, 0.1) is 0 Å². The first-order valence-corrected chi connectivity index (χ1v) is 15.0. The molecule has 2 nitrogen and oxygen atoms in total. The van der Waals surface area contributed by atoms with E-state index >= 15 is 0 Å². The van der Waals surface area contributed by atoms with Crippen LogP contribution in [0.5, 0.6) is 0 Å². The Kier molecular flexibility index (Phi) is 6.51. The van der Waals surface area contributed by atoms with Crippen LogP contribution in [-0.4, -0.2) is 4.57 Å². The summed E-state index contributed by atoms with van der Waals surface area (Å²) < 4.78 is 2.38. The molecule has 0 spiro atoms. The molecule has 0 unspecified atom stereocenters. The van der Waals surface area contributed by atoms with Gasteiger partial charge in [0.15, 0.2) is 0 Å². The molecular formula is C42H30N2. The van der Waals surface area contributed by atoms with Gasteiger partial charge in [-0.05, 0) is 76.9 Å². The first-order chi connectivity index (χ1) is 21.8. The molecule has 0 N–H and O–H groups in total. The van der Waals surface area contributed by atoms with Crippen molar-refractivity contribution in [2.24, 2.45) is 0 Å². The van der Waals surface area contributed by atoms with Crippen molar-refractivity contribution in [2.75, 3.05) is 4.90 Å². The lowest BCUT2D eigenvalue weighted by Gasteiger charge is -2.27. The van der Waals surface area contributed by atoms with Gasteiger partial charge in [-0.15, -0.1) is 0 Å². The lowest BCUT2D eigenvalue weighted by Crippen LogP contribution is -2.11. The Morgan fingerprint density at radius 1 is 0.318 bits per heavy atom. The van der Waals surface area contributed by atoms with E-state index in [0.29, 0.717) is 0 Å². The first kappa shape index (κ1) is 25.8. The predicted octanol–water partition coefficient (Wildman–Crippen LogP) is 11.6. The second-order valence-corrected chi connectivity index (χ2v) is 11.1. The standard InChI is InChI=1S/C42H30N2/c1-3-14-31(15-4-1)33-18-11-20-35(28-33)43(36-21-12-19-34(29-36)32-16-5-2-6-17-32)37-22-13-23-38(30-37)44-41-26-9-7-24-39(41)40-25-8-10-27-42(40)44/h1-30H. The summed E-state index contributed by atoms with van der Waals surface area (Å²) in [6, 6.07) is 65.1. The second kappa shape index (κ2) is 11.1. The van der Waals surface area contributed by atoms with Crippen LogP contribution < -0.4 is 4.90 Å². The molecule has 2 heteroatoms. The maximum Gasteiger partial charge on any atom is 0.0541 e. The maximum absolute atomic E-state index is 2.38. The summed E-state index contributed by atoms with van der Waals surface area (Å²) in [5.41, 5.74) is 11.6. The molecule has 0 amide bonds. The summed E-state index contributed by atoms with van der Waals surface area (Å²) in [5.74, 6) is 0. The lowest BCUT2D eigenvalue weighted by molar-refractivity contribution is 1.17. The number of rotatable bonds is 6. The van der Waals surface area contributed by atoms with E-state index in [1.165, 1.54) is 44.1 Å². The predicted molar refractivity (Wildman–Crippen MR) is 186 cm³/mol. The highest BCUT2D eigenvalue weighted by molar-refractivity contribution is 6.09. The number of benzene rings is 7. The van der Waals surface area contributed by atoms with Crippen LogP contribution in [0.15, 0.2) is 182 Å². The molecule has 0 bridgehead atoms. The number of para-hydroxylation sites is 2. The van der Waals surface area contributed by atoms with Gasteiger partial charge < -0.3 is 9.47 Å². The van der Waals surface area contributed by atoms with Crippen molar-refractivity contribution >= 4 is 38.9 Å². The third kappa shape index (κ3) is 4.63. The average molecular weight is 563 g/mol. The summed E-state index contributed by atoms with van der Waals surface area (Å²) in [6.45, 7) is 0. The van der Waals surface area contributed by atoms with Crippen molar-refractivity contribution < 1.29 is 0 Å². The van der Waals surface area contributed by atoms with Crippen LogP contribution in [-0.2, 0) is 0 Å². The van der Waals surface area contributed by atoms with Crippen molar-refractivity contribution in [2.45, 2.75) is 0 Å². The summed E-state index contributed by atoms with van der Waals surface area (Å²) >= 11 is 0. The molecule has 1 heterocycles. The quantitative estimate of drug-likeness (QED) is 0.196. The smallest absolute Gasteiger partial charge is 0.0541 e. The Morgan fingerprint density at radius 3 is 1.25 bits per heavy atom. The van der Waals surface area contributed by atoms with E-state index in [2.05, 4.69) is 191 Å². The van der Waals surface area contributed by atoms with Gasteiger partial charge in [-0.25, -0.2) is 0 Å². The van der Waals surface area contributed by atoms with Gasteiger partial charge in [-0.2, -0.15) is 0 Å². The molecule has 0 aliphatic rings. The maximum atomic E-state index is 2.38. The van der Waals surface area contributed by atoms with Gasteiger partial charge in [0, 0.05) is 33.5 Å². The fraction of sp³-hybridized carbons (Fsp3) is 0. The molecule has 44 heavy (non-hydrogen) atoms. The fourth-order valence-electron chi connectivity index (χ4n) is 6.33. The monoisotopic (exact) mass is 562 g/mol. The Morgan fingerprint density at radius 2 is 0.727 bits per heavy atom. The highest BCUT2D eigenvalue weighted by Crippen LogP contribution is 2.40. The molecule has 208 valence electrons. The fourth-order valence-corrected chi connectivity index (χ4v) is 6.33. The molecule has 7 aromatic carbocycles. The molecule has 0 aliphatic carbocycles. The van der Waals surface area contributed by atoms with E-state index in [9.17, 15) is 0 Å². The van der Waals surface area contributed by atoms with Crippen molar-refractivity contribution in [3.8, 4) is 27.9 Å². The highest BCUT2D eigenvalue weighted by Gasteiger charge is 2.17. The Labute approximate surface area is 257 Å². The minimum absolute atomic E-state index is 1.10. The zero-order chi connectivity index (χ0) is 29.3. The normalized spacial score (nSPS) is 11.2. The largest absolute Gasteiger partial charge is 0.310 e. The summed E-state index contributed by atoms with van der Waals surface area (Å²) in [6.07, 6.45) is 0. The van der Waals surface area contributed by atoms with Crippen molar-refractivity contribution in [3.05, 3.63) is 182 Å². The van der Waals surface area contributed by atoms with Gasteiger partial charge in [0.25, 0.3) is 0 Å². The number of anilines is 3. The Balaban J connectivity index is 1.33.